The molecule has 3 rings (SSSR count). The van der Waals surface area contributed by atoms with Crippen molar-refractivity contribution in [1.82, 2.24) is 0 Å². The molecule has 0 saturated carbocycles. The van der Waals surface area contributed by atoms with Crippen molar-refractivity contribution < 1.29 is 48.0 Å². The molecule has 0 aliphatic heterocycles. The maximum absolute atomic E-state index is 2.44. The number of hydrogen-bond donors (Lipinski definition) is 0. The van der Waals surface area contributed by atoms with Crippen LogP contribution in [0.25, 0.3) is 6.08 Å². The molecular weight excluding hydrogens is 354 g/mol. The van der Waals surface area contributed by atoms with Gasteiger partial charge in [0, 0.05) is 0 Å². The molecule has 98 valence electrons. The molecule has 1 aromatic carbocycles. The van der Waals surface area contributed by atoms with Gasteiger partial charge in [0.1, 0.15) is 0 Å². The van der Waals surface area contributed by atoms with Gasteiger partial charge in [0.25, 0.3) is 0 Å². The fraction of sp³-hybridized carbons (Fsp3) is 0.250. The molecule has 0 heterocycles. The summed E-state index contributed by atoms with van der Waals surface area (Å²) in [6, 6.07) is 6.91. The Hall–Kier alpha value is -0.0969. The minimum atomic E-state index is -0.468. The molecule has 0 aromatic heterocycles. The van der Waals surface area contributed by atoms with Gasteiger partial charge >= 0.3 is 115 Å². The second-order valence-electron chi connectivity index (χ2n) is 4.94. The zero-order valence-electron chi connectivity index (χ0n) is 11.1. The number of fused-ring (bicyclic) bond motifs is 1. The molecule has 0 nitrogen and oxygen atoms in total. The Morgan fingerprint density at radius 3 is 2.63 bits per heavy atom. The van der Waals surface area contributed by atoms with E-state index in [4.69, 9.17) is 0 Å². The van der Waals surface area contributed by atoms with Gasteiger partial charge in [-0.25, -0.2) is 0 Å². The number of halogens is 2. The Morgan fingerprint density at radius 2 is 1.95 bits per heavy atom. The molecule has 3 heteroatoms. The van der Waals surface area contributed by atoms with Crippen molar-refractivity contribution in [2.45, 2.75) is 23.9 Å². The van der Waals surface area contributed by atoms with E-state index in [1.54, 1.807) is 8.84 Å². The molecule has 1 aromatic rings. The van der Waals surface area contributed by atoms with Gasteiger partial charge in [0.05, 0.1) is 0 Å². The second-order valence-corrected chi connectivity index (χ2v) is 8.75. The summed E-state index contributed by atoms with van der Waals surface area (Å²) in [5.41, 5.74) is 5.87. The van der Waals surface area contributed by atoms with Gasteiger partial charge in [0.2, 0.25) is 0 Å². The van der Waals surface area contributed by atoms with Crippen LogP contribution in [0.3, 0.4) is 0 Å². The Labute approximate surface area is 139 Å². The van der Waals surface area contributed by atoms with E-state index in [0.717, 1.165) is 3.63 Å². The zero-order chi connectivity index (χ0) is 11.8. The standard InChI is InChI=1S/C10H9.C6H7.2ClH.Zr/c1-8-5-6-9-3-2-4-10(9)7-8;1-6-4-2-3-5-6;;;/h2-7H,1H3;4-5H,2H2,1H3;2*1H;/q;;;;+2/p-2. The molecule has 19 heavy (non-hydrogen) atoms. The summed E-state index contributed by atoms with van der Waals surface area (Å²) in [5.74, 6) is 0. The fourth-order valence-electron chi connectivity index (χ4n) is 2.52. The molecule has 0 amide bonds. The number of hydrogen-bond acceptors (Lipinski definition) is 0. The topological polar surface area (TPSA) is 0 Å². The van der Waals surface area contributed by atoms with Crippen LogP contribution >= 0.6 is 0 Å². The predicted octanol–water partition coefficient (Wildman–Crippen LogP) is -1.61. The summed E-state index contributed by atoms with van der Waals surface area (Å²) in [4.78, 5) is 0. The van der Waals surface area contributed by atoms with E-state index in [0.29, 0.717) is 0 Å². The van der Waals surface area contributed by atoms with E-state index in [1.807, 2.05) is 0 Å². The predicted molar refractivity (Wildman–Crippen MR) is 69.4 cm³/mol. The van der Waals surface area contributed by atoms with Crippen molar-refractivity contribution in [3.8, 4) is 0 Å². The Bertz CT molecular complexity index is 556. The van der Waals surface area contributed by atoms with Crippen LogP contribution < -0.4 is 24.8 Å². The summed E-state index contributed by atoms with van der Waals surface area (Å²) in [6.45, 7) is 4.39. The van der Waals surface area contributed by atoms with Crippen molar-refractivity contribution in [2.24, 2.45) is 0 Å². The first kappa shape index (κ1) is 17.0. The number of allylic oxidation sites excluding steroid dienone is 5. The summed E-state index contributed by atoms with van der Waals surface area (Å²) in [6.07, 6.45) is 10.8. The molecular formula is C16H16Cl2Zr. The third-order valence-corrected chi connectivity index (χ3v) is 7.20. The number of rotatable bonds is 2. The quantitative estimate of drug-likeness (QED) is 0.588. The van der Waals surface area contributed by atoms with Gasteiger partial charge in [-0.3, -0.25) is 0 Å². The molecule has 0 spiro atoms. The SMILES string of the molecule is CC1=CC[C]([Zr+2][CH]2C=Cc3cc(C)ccc32)=C1.[Cl-].[Cl-]. The summed E-state index contributed by atoms with van der Waals surface area (Å²) < 4.78 is 2.51. The van der Waals surface area contributed by atoms with Crippen LogP contribution in [-0.4, -0.2) is 0 Å². The molecule has 0 bridgehead atoms. The van der Waals surface area contributed by atoms with E-state index >= 15 is 0 Å². The van der Waals surface area contributed by atoms with E-state index in [9.17, 15) is 0 Å². The summed E-state index contributed by atoms with van der Waals surface area (Å²) >= 11 is -0.468. The summed E-state index contributed by atoms with van der Waals surface area (Å²) in [7, 11) is 0. The molecule has 0 saturated heterocycles. The maximum Gasteiger partial charge on any atom is -1.00 e. The molecule has 0 N–H and O–H groups in total. The first-order valence-electron chi connectivity index (χ1n) is 6.15. The number of aryl methyl sites for hydroxylation is 1. The third-order valence-electron chi connectivity index (χ3n) is 3.43. The van der Waals surface area contributed by atoms with Crippen molar-refractivity contribution in [3.05, 3.63) is 62.0 Å². The van der Waals surface area contributed by atoms with Gasteiger partial charge in [-0.2, -0.15) is 0 Å². The van der Waals surface area contributed by atoms with Gasteiger partial charge in [-0.05, 0) is 0 Å². The van der Waals surface area contributed by atoms with Crippen LogP contribution in [0.15, 0.2) is 45.3 Å². The van der Waals surface area contributed by atoms with Crippen LogP contribution in [0.5, 0.6) is 0 Å². The van der Waals surface area contributed by atoms with Crippen molar-refractivity contribution in [1.29, 1.82) is 0 Å². The second kappa shape index (κ2) is 7.07. The first-order valence-corrected chi connectivity index (χ1v) is 8.80. The van der Waals surface area contributed by atoms with Crippen LogP contribution in [-0.2, 0) is 23.2 Å². The largest absolute Gasteiger partial charge is 1.00 e. The van der Waals surface area contributed by atoms with Crippen LogP contribution in [0.2, 0.25) is 0 Å². The molecule has 0 fully saturated rings. The van der Waals surface area contributed by atoms with Crippen LogP contribution in [0.1, 0.15) is 33.7 Å². The van der Waals surface area contributed by atoms with Gasteiger partial charge in [0.15, 0.2) is 0 Å². The van der Waals surface area contributed by atoms with E-state index in [2.05, 4.69) is 56.4 Å². The summed E-state index contributed by atoms with van der Waals surface area (Å²) in [5, 5.41) is 0. The fourth-order valence-corrected chi connectivity index (χ4v) is 6.30. The minimum absolute atomic E-state index is 0. The Balaban J connectivity index is 0.000000902. The maximum atomic E-state index is 2.44. The minimum Gasteiger partial charge on any atom is -1.00 e. The molecule has 2 aliphatic carbocycles. The van der Waals surface area contributed by atoms with Crippen molar-refractivity contribution >= 4 is 6.08 Å². The average molecular weight is 370 g/mol. The van der Waals surface area contributed by atoms with E-state index in [-0.39, 0.29) is 24.8 Å². The van der Waals surface area contributed by atoms with Gasteiger partial charge < -0.3 is 24.8 Å². The van der Waals surface area contributed by atoms with Gasteiger partial charge in [-0.15, -0.1) is 0 Å². The van der Waals surface area contributed by atoms with Crippen molar-refractivity contribution in [2.75, 3.05) is 0 Å². The zero-order valence-corrected chi connectivity index (χ0v) is 15.1. The monoisotopic (exact) mass is 368 g/mol. The Kier molecular flexibility index (Phi) is 6.31. The normalized spacial score (nSPS) is 18.7. The molecule has 1 unspecified atom stereocenters. The number of benzene rings is 1. The van der Waals surface area contributed by atoms with Gasteiger partial charge in [-0.1, -0.05) is 0 Å². The Morgan fingerprint density at radius 1 is 1.16 bits per heavy atom. The van der Waals surface area contributed by atoms with Crippen molar-refractivity contribution in [3.63, 3.8) is 0 Å². The smallest absolute Gasteiger partial charge is 1.00 e. The molecule has 1 atom stereocenters. The van der Waals surface area contributed by atoms with E-state index < -0.39 is 23.2 Å². The average Bonchev–Trinajstić information content (AvgIpc) is 2.86. The molecule has 2 aliphatic rings. The van der Waals surface area contributed by atoms with Crippen LogP contribution in [0.4, 0.5) is 0 Å². The first-order chi connectivity index (χ1) is 8.22. The third kappa shape index (κ3) is 3.72. The van der Waals surface area contributed by atoms with Crippen LogP contribution in [0, 0.1) is 6.92 Å². The van der Waals surface area contributed by atoms with E-state index in [1.165, 1.54) is 23.1 Å². The molecule has 0 radical (unpaired) electrons.